The number of rotatable bonds is 5. The Morgan fingerprint density at radius 3 is 2.92 bits per heavy atom. The number of fused-ring (bicyclic) bond motifs is 2. The second kappa shape index (κ2) is 8.95. The Bertz CT molecular complexity index is 1440. The van der Waals surface area contributed by atoms with Gasteiger partial charge in [0.2, 0.25) is 0 Å². The third-order valence-corrected chi connectivity index (χ3v) is 8.36. The Morgan fingerprint density at radius 1 is 1.22 bits per heavy atom. The molecule has 4 heterocycles. The van der Waals surface area contributed by atoms with Gasteiger partial charge in [-0.1, -0.05) is 19.1 Å². The number of aliphatic hydroxyl groups excluding tert-OH is 2. The van der Waals surface area contributed by atoms with Crippen LogP contribution in [0.5, 0.6) is 0 Å². The lowest BCUT2D eigenvalue weighted by atomic mass is 9.80. The molecule has 188 valence electrons. The number of pyridine rings is 1. The highest BCUT2D eigenvalue weighted by Crippen LogP contribution is 2.55. The van der Waals surface area contributed by atoms with Crippen LogP contribution >= 0.6 is 15.9 Å². The van der Waals surface area contributed by atoms with Crippen LogP contribution < -0.4 is 11.1 Å². The fourth-order valence-electron chi connectivity index (χ4n) is 5.81. The molecule has 0 radical (unpaired) electrons. The molecule has 3 aromatic heterocycles. The Balaban J connectivity index is 1.27. The summed E-state index contributed by atoms with van der Waals surface area (Å²) in [4.78, 5) is 13.4. The van der Waals surface area contributed by atoms with Gasteiger partial charge in [-0.15, -0.1) is 0 Å². The Morgan fingerprint density at radius 2 is 2.08 bits per heavy atom. The molecule has 1 spiro atoms. The quantitative estimate of drug-likeness (QED) is 0.292. The SMILES string of the molecule is CCCNc1ncnc2c1ccn2[C@@H]1C[C@@]2(CO[C@@H](c3ccc4cc(Br)c(N)nc4c3)C2)[C@@H](O)[C@H]1O. The van der Waals surface area contributed by atoms with Crippen molar-refractivity contribution in [1.29, 1.82) is 0 Å². The summed E-state index contributed by atoms with van der Waals surface area (Å²) in [5.74, 6) is 1.22. The van der Waals surface area contributed by atoms with Gasteiger partial charge >= 0.3 is 0 Å². The molecule has 1 aromatic carbocycles. The van der Waals surface area contributed by atoms with Crippen molar-refractivity contribution < 1.29 is 14.9 Å². The first-order chi connectivity index (χ1) is 17.4. The molecule has 0 amide bonds. The summed E-state index contributed by atoms with van der Waals surface area (Å²) in [5, 5.41) is 27.6. The second-order valence-electron chi connectivity index (χ2n) is 9.99. The maximum Gasteiger partial charge on any atom is 0.145 e. The van der Waals surface area contributed by atoms with Crippen molar-refractivity contribution in [2.45, 2.75) is 50.5 Å². The third kappa shape index (κ3) is 3.75. The van der Waals surface area contributed by atoms with Crippen molar-refractivity contribution in [2.75, 3.05) is 24.2 Å². The van der Waals surface area contributed by atoms with Crippen LogP contribution in [0.1, 0.15) is 43.9 Å². The average molecular weight is 553 g/mol. The number of benzene rings is 1. The van der Waals surface area contributed by atoms with Crippen LogP contribution in [0.3, 0.4) is 0 Å². The molecule has 1 saturated carbocycles. The van der Waals surface area contributed by atoms with Crippen molar-refractivity contribution in [3.63, 3.8) is 0 Å². The van der Waals surface area contributed by atoms with Gasteiger partial charge in [-0.3, -0.25) is 0 Å². The van der Waals surface area contributed by atoms with E-state index in [2.05, 4.69) is 43.1 Å². The van der Waals surface area contributed by atoms with Crippen molar-refractivity contribution in [3.8, 4) is 0 Å². The van der Waals surface area contributed by atoms with Crippen molar-refractivity contribution >= 4 is 49.5 Å². The van der Waals surface area contributed by atoms with Gasteiger partial charge in [-0.2, -0.15) is 0 Å². The zero-order chi connectivity index (χ0) is 25.0. The molecule has 5 atom stereocenters. The van der Waals surface area contributed by atoms with Gasteiger partial charge in [0.25, 0.3) is 0 Å². The minimum Gasteiger partial charge on any atom is -0.390 e. The van der Waals surface area contributed by atoms with Crippen LogP contribution in [0.2, 0.25) is 0 Å². The summed E-state index contributed by atoms with van der Waals surface area (Å²) in [6.45, 7) is 3.29. The van der Waals surface area contributed by atoms with E-state index in [4.69, 9.17) is 10.5 Å². The maximum atomic E-state index is 11.2. The van der Waals surface area contributed by atoms with E-state index >= 15 is 0 Å². The largest absolute Gasteiger partial charge is 0.390 e. The van der Waals surface area contributed by atoms with Crippen LogP contribution in [-0.2, 0) is 4.74 Å². The smallest absolute Gasteiger partial charge is 0.145 e. The molecule has 5 N–H and O–H groups in total. The normalized spacial score (nSPS) is 28.0. The molecule has 1 aliphatic heterocycles. The molecule has 1 aliphatic carbocycles. The first kappa shape index (κ1) is 23.6. The van der Waals surface area contributed by atoms with Crippen LogP contribution in [0.15, 0.2) is 47.3 Å². The van der Waals surface area contributed by atoms with Crippen LogP contribution in [-0.4, -0.2) is 55.1 Å². The monoisotopic (exact) mass is 552 g/mol. The second-order valence-corrected chi connectivity index (χ2v) is 10.8. The summed E-state index contributed by atoms with van der Waals surface area (Å²) < 4.78 is 8.98. The summed E-state index contributed by atoms with van der Waals surface area (Å²) in [5.41, 5.74) is 7.97. The maximum absolute atomic E-state index is 11.2. The van der Waals surface area contributed by atoms with Crippen molar-refractivity contribution in [3.05, 3.63) is 52.9 Å². The van der Waals surface area contributed by atoms with Crippen molar-refractivity contribution in [1.82, 2.24) is 19.5 Å². The number of nitrogens with zero attached hydrogens (tertiary/aromatic N) is 4. The zero-order valence-corrected chi connectivity index (χ0v) is 21.5. The molecule has 0 unspecified atom stereocenters. The fraction of sp³-hybridized carbons (Fsp3) is 0.423. The van der Waals surface area contributed by atoms with Crippen LogP contribution in [0.25, 0.3) is 21.9 Å². The number of hydrogen-bond donors (Lipinski definition) is 4. The number of nitrogens with two attached hydrogens (primary N) is 1. The first-order valence-corrected chi connectivity index (χ1v) is 13.1. The van der Waals surface area contributed by atoms with E-state index < -0.39 is 17.6 Å². The van der Waals surface area contributed by atoms with Gasteiger partial charge in [0.05, 0.1) is 40.2 Å². The number of hydrogen-bond acceptors (Lipinski definition) is 8. The van der Waals surface area contributed by atoms with Gasteiger partial charge < -0.3 is 30.6 Å². The molecule has 2 fully saturated rings. The first-order valence-electron chi connectivity index (χ1n) is 12.3. The average Bonchev–Trinajstić information content (AvgIpc) is 3.57. The van der Waals surface area contributed by atoms with Crippen molar-refractivity contribution in [2.24, 2.45) is 5.41 Å². The Kier molecular flexibility index (Phi) is 5.87. The Labute approximate surface area is 216 Å². The minimum atomic E-state index is -0.930. The number of nitrogen functional groups attached to an aromatic ring is 1. The summed E-state index contributed by atoms with van der Waals surface area (Å²) in [7, 11) is 0. The molecule has 4 aromatic rings. The Hall–Kier alpha value is -2.79. The molecular weight excluding hydrogens is 524 g/mol. The lowest BCUT2D eigenvalue weighted by Gasteiger charge is -2.26. The number of ether oxygens (including phenoxy) is 1. The van der Waals surface area contributed by atoms with E-state index in [1.807, 2.05) is 41.1 Å². The van der Waals surface area contributed by atoms with E-state index in [1.54, 1.807) is 0 Å². The molecule has 36 heavy (non-hydrogen) atoms. The zero-order valence-electron chi connectivity index (χ0n) is 19.9. The predicted octanol–water partition coefficient (Wildman–Crippen LogP) is 3.96. The summed E-state index contributed by atoms with van der Waals surface area (Å²) in [6, 6.07) is 9.65. The van der Waals surface area contributed by atoms with E-state index in [0.29, 0.717) is 25.3 Å². The molecule has 1 saturated heterocycles. The molecular formula is C26H29BrN6O3. The van der Waals surface area contributed by atoms with Crippen LogP contribution in [0.4, 0.5) is 11.6 Å². The number of nitrogens with one attached hydrogen (secondary N) is 1. The molecule has 9 nitrogen and oxygen atoms in total. The highest BCUT2D eigenvalue weighted by molar-refractivity contribution is 9.10. The molecule has 2 aliphatic rings. The van der Waals surface area contributed by atoms with E-state index in [0.717, 1.165) is 50.8 Å². The third-order valence-electron chi connectivity index (χ3n) is 7.73. The lowest BCUT2D eigenvalue weighted by Crippen LogP contribution is -2.37. The topological polar surface area (TPSA) is 131 Å². The molecule has 10 heteroatoms. The molecule has 0 bridgehead atoms. The van der Waals surface area contributed by atoms with Gasteiger partial charge in [0.1, 0.15) is 29.7 Å². The van der Waals surface area contributed by atoms with E-state index in [1.165, 1.54) is 6.33 Å². The predicted molar refractivity (Wildman–Crippen MR) is 142 cm³/mol. The highest BCUT2D eigenvalue weighted by Gasteiger charge is 2.57. The highest BCUT2D eigenvalue weighted by atomic mass is 79.9. The lowest BCUT2D eigenvalue weighted by molar-refractivity contribution is -0.0309. The standard InChI is InChI=1S/C26H29BrN6O3/c1-2-6-29-24-16-5-7-33(25(16)31-13-30-24)19-10-26(22(35)21(19)34)11-20(36-12-26)15-4-3-14-8-17(27)23(28)32-18(14)9-15/h3-5,7-9,13,19-22,34-35H,2,6,10-12H2,1H3,(H2,28,32)(H,29,30,31)/t19-,20-,21+,22+,26-/m1/s1. The minimum absolute atomic E-state index is 0.199. The van der Waals surface area contributed by atoms with Gasteiger partial charge in [0, 0.05) is 23.5 Å². The van der Waals surface area contributed by atoms with E-state index in [-0.39, 0.29) is 12.1 Å². The number of aliphatic hydroxyl groups is 2. The summed E-state index contributed by atoms with van der Waals surface area (Å²) >= 11 is 3.43. The molecule has 6 rings (SSSR count). The number of halogens is 1. The van der Waals surface area contributed by atoms with Gasteiger partial charge in [-0.25, -0.2) is 15.0 Å². The van der Waals surface area contributed by atoms with E-state index in [9.17, 15) is 10.2 Å². The fourth-order valence-corrected chi connectivity index (χ4v) is 6.14. The van der Waals surface area contributed by atoms with Gasteiger partial charge in [0.15, 0.2) is 0 Å². The van der Waals surface area contributed by atoms with Crippen LogP contribution in [0, 0.1) is 5.41 Å². The number of anilines is 2. The number of aromatic nitrogens is 4. The summed E-state index contributed by atoms with van der Waals surface area (Å²) in [6.07, 6.45) is 3.62. The van der Waals surface area contributed by atoms with Gasteiger partial charge in [-0.05, 0) is 59.0 Å².